The third-order valence-electron chi connectivity index (χ3n) is 3.68. The molecule has 1 fully saturated rings. The molecule has 0 bridgehead atoms. The number of rotatable bonds is 4. The molecular weight excluding hydrogens is 242 g/mol. The van der Waals surface area contributed by atoms with E-state index >= 15 is 0 Å². The largest absolute Gasteiger partial charge is 0.481 e. The number of nitrogens with zero attached hydrogens (tertiary/aromatic N) is 2. The monoisotopic (exact) mass is 263 g/mol. The first-order valence-electron chi connectivity index (χ1n) is 6.92. The van der Waals surface area contributed by atoms with Gasteiger partial charge in [0, 0.05) is 17.8 Å². The van der Waals surface area contributed by atoms with Gasteiger partial charge in [-0.05, 0) is 39.0 Å². The second kappa shape index (κ2) is 5.99. The zero-order valence-electron chi connectivity index (χ0n) is 11.5. The molecular formula is C14H21N3O2. The van der Waals surface area contributed by atoms with Crippen molar-refractivity contribution in [2.75, 3.05) is 5.32 Å². The highest BCUT2D eigenvalue weighted by atomic mass is 16.4. The van der Waals surface area contributed by atoms with Crippen LogP contribution in [0.2, 0.25) is 0 Å². The van der Waals surface area contributed by atoms with Gasteiger partial charge >= 0.3 is 5.97 Å². The van der Waals surface area contributed by atoms with Crippen molar-refractivity contribution >= 4 is 11.8 Å². The minimum absolute atomic E-state index is 0.170. The lowest BCUT2D eigenvalue weighted by atomic mass is 9.86. The molecule has 1 aromatic heterocycles. The Hall–Kier alpha value is -1.65. The van der Waals surface area contributed by atoms with E-state index < -0.39 is 5.97 Å². The molecule has 0 saturated heterocycles. The first-order valence-corrected chi connectivity index (χ1v) is 6.92. The molecule has 0 atom stereocenters. The molecule has 1 heterocycles. The molecule has 1 aliphatic carbocycles. The van der Waals surface area contributed by atoms with Crippen LogP contribution < -0.4 is 5.32 Å². The molecule has 0 unspecified atom stereocenters. The summed E-state index contributed by atoms with van der Waals surface area (Å²) < 4.78 is 0. The molecule has 19 heavy (non-hydrogen) atoms. The highest BCUT2D eigenvalue weighted by Gasteiger charge is 2.25. The maximum atomic E-state index is 10.9. The summed E-state index contributed by atoms with van der Waals surface area (Å²) in [6.07, 6.45) is 4.17. The molecule has 1 aliphatic rings. The Labute approximate surface area is 113 Å². The Bertz CT molecular complexity index is 454. The molecule has 0 spiro atoms. The highest BCUT2D eigenvalue weighted by Crippen LogP contribution is 2.26. The molecule has 1 saturated carbocycles. The molecule has 104 valence electrons. The number of carboxylic acids is 1. The maximum Gasteiger partial charge on any atom is 0.306 e. The fourth-order valence-corrected chi connectivity index (χ4v) is 2.58. The van der Waals surface area contributed by atoms with Crippen LogP contribution in [0.4, 0.5) is 5.82 Å². The van der Waals surface area contributed by atoms with Crippen LogP contribution in [0, 0.1) is 12.8 Å². The van der Waals surface area contributed by atoms with E-state index in [1.807, 2.05) is 13.0 Å². The summed E-state index contributed by atoms with van der Waals surface area (Å²) in [5, 5.41) is 12.4. The van der Waals surface area contributed by atoms with Crippen molar-refractivity contribution in [1.82, 2.24) is 9.97 Å². The third-order valence-corrected chi connectivity index (χ3v) is 3.68. The topological polar surface area (TPSA) is 75.1 Å². The predicted molar refractivity (Wildman–Crippen MR) is 73.2 cm³/mol. The number of nitrogens with one attached hydrogen (secondary N) is 1. The lowest BCUT2D eigenvalue weighted by molar-refractivity contribution is -0.142. The second-order valence-corrected chi connectivity index (χ2v) is 5.18. The lowest BCUT2D eigenvalue weighted by Crippen LogP contribution is -2.29. The average Bonchev–Trinajstić information content (AvgIpc) is 2.38. The smallest absolute Gasteiger partial charge is 0.306 e. The molecule has 2 N–H and O–H groups in total. The SMILES string of the molecule is CCc1cc(NC2CCC(C(=O)O)CC2)nc(C)n1. The number of carbonyl (C=O) groups is 1. The van der Waals surface area contributed by atoms with E-state index in [0.29, 0.717) is 6.04 Å². The highest BCUT2D eigenvalue weighted by molar-refractivity contribution is 5.70. The van der Waals surface area contributed by atoms with Crippen molar-refractivity contribution in [1.29, 1.82) is 0 Å². The Morgan fingerprint density at radius 2 is 2.05 bits per heavy atom. The van der Waals surface area contributed by atoms with Crippen LogP contribution in [0.15, 0.2) is 6.07 Å². The minimum atomic E-state index is -0.662. The fraction of sp³-hybridized carbons (Fsp3) is 0.643. The van der Waals surface area contributed by atoms with Gasteiger partial charge in [0.2, 0.25) is 0 Å². The quantitative estimate of drug-likeness (QED) is 0.872. The average molecular weight is 263 g/mol. The zero-order chi connectivity index (χ0) is 13.8. The summed E-state index contributed by atoms with van der Waals surface area (Å²) in [5.74, 6) is 0.810. The third kappa shape index (κ3) is 3.66. The van der Waals surface area contributed by atoms with Gasteiger partial charge in [-0.1, -0.05) is 6.92 Å². The Morgan fingerprint density at radius 3 is 2.63 bits per heavy atom. The summed E-state index contributed by atoms with van der Waals surface area (Å²) >= 11 is 0. The Morgan fingerprint density at radius 1 is 1.37 bits per heavy atom. The van der Waals surface area contributed by atoms with E-state index in [1.165, 1.54) is 0 Å². The fourth-order valence-electron chi connectivity index (χ4n) is 2.58. The number of hydrogen-bond acceptors (Lipinski definition) is 4. The van der Waals surface area contributed by atoms with Crippen LogP contribution >= 0.6 is 0 Å². The van der Waals surface area contributed by atoms with E-state index in [0.717, 1.165) is 49.4 Å². The normalized spacial score (nSPS) is 23.1. The Kier molecular flexibility index (Phi) is 4.35. The van der Waals surface area contributed by atoms with Gasteiger partial charge in [0.05, 0.1) is 5.92 Å². The molecule has 1 aromatic rings. The van der Waals surface area contributed by atoms with E-state index in [2.05, 4.69) is 22.2 Å². The summed E-state index contributed by atoms with van der Waals surface area (Å²) in [6.45, 7) is 3.97. The Balaban J connectivity index is 1.95. The first kappa shape index (κ1) is 13.8. The molecule has 5 heteroatoms. The van der Waals surface area contributed by atoms with Gasteiger partial charge in [-0.3, -0.25) is 4.79 Å². The van der Waals surface area contributed by atoms with E-state index in [4.69, 9.17) is 5.11 Å². The van der Waals surface area contributed by atoms with Crippen LogP contribution in [0.1, 0.15) is 44.1 Å². The summed E-state index contributed by atoms with van der Waals surface area (Å²) in [5.41, 5.74) is 1.04. The van der Waals surface area contributed by atoms with Crippen molar-refractivity contribution in [2.45, 2.75) is 52.0 Å². The van der Waals surface area contributed by atoms with Gasteiger partial charge in [-0.15, -0.1) is 0 Å². The number of anilines is 1. The molecule has 0 aromatic carbocycles. The van der Waals surface area contributed by atoms with Crippen LogP contribution in [0.3, 0.4) is 0 Å². The van der Waals surface area contributed by atoms with E-state index in [1.54, 1.807) is 0 Å². The van der Waals surface area contributed by atoms with Crippen molar-refractivity contribution in [3.63, 3.8) is 0 Å². The van der Waals surface area contributed by atoms with Crippen LogP contribution in [0.25, 0.3) is 0 Å². The van der Waals surface area contributed by atoms with Gasteiger partial charge in [0.1, 0.15) is 11.6 Å². The first-order chi connectivity index (χ1) is 9.08. The van der Waals surface area contributed by atoms with Gasteiger partial charge < -0.3 is 10.4 Å². The molecule has 0 radical (unpaired) electrons. The summed E-state index contributed by atoms with van der Waals surface area (Å²) in [7, 11) is 0. The molecule has 0 aliphatic heterocycles. The van der Waals surface area contributed by atoms with Gasteiger partial charge in [-0.2, -0.15) is 0 Å². The zero-order valence-corrected chi connectivity index (χ0v) is 11.5. The molecule has 5 nitrogen and oxygen atoms in total. The second-order valence-electron chi connectivity index (χ2n) is 5.18. The molecule has 0 amide bonds. The van der Waals surface area contributed by atoms with E-state index in [-0.39, 0.29) is 5.92 Å². The van der Waals surface area contributed by atoms with Crippen molar-refractivity contribution < 1.29 is 9.90 Å². The van der Waals surface area contributed by atoms with E-state index in [9.17, 15) is 4.79 Å². The molecule has 2 rings (SSSR count). The summed E-state index contributed by atoms with van der Waals surface area (Å²) in [4.78, 5) is 19.6. The standard InChI is InChI=1S/C14H21N3O2/c1-3-11-8-13(16-9(2)15-11)17-12-6-4-10(5-7-12)14(18)19/h8,10,12H,3-7H2,1-2H3,(H,18,19)(H,15,16,17). The summed E-state index contributed by atoms with van der Waals surface area (Å²) in [6, 6.07) is 2.31. The number of aryl methyl sites for hydroxylation is 2. The van der Waals surface area contributed by atoms with Gasteiger partial charge in [-0.25, -0.2) is 9.97 Å². The van der Waals surface area contributed by atoms with Crippen molar-refractivity contribution in [3.8, 4) is 0 Å². The van der Waals surface area contributed by atoms with Crippen LogP contribution in [0.5, 0.6) is 0 Å². The number of carboxylic acid groups (broad SMARTS) is 1. The lowest BCUT2D eigenvalue weighted by Gasteiger charge is -2.27. The predicted octanol–water partition coefficient (Wildman–Crippen LogP) is 2.40. The number of aliphatic carboxylic acids is 1. The van der Waals surface area contributed by atoms with Crippen LogP contribution in [-0.2, 0) is 11.2 Å². The minimum Gasteiger partial charge on any atom is -0.481 e. The number of hydrogen-bond donors (Lipinski definition) is 2. The number of aromatic nitrogens is 2. The van der Waals surface area contributed by atoms with Crippen molar-refractivity contribution in [3.05, 3.63) is 17.6 Å². The van der Waals surface area contributed by atoms with Gasteiger partial charge in [0.25, 0.3) is 0 Å². The maximum absolute atomic E-state index is 10.9. The van der Waals surface area contributed by atoms with Crippen molar-refractivity contribution in [2.24, 2.45) is 5.92 Å². The van der Waals surface area contributed by atoms with Gasteiger partial charge in [0.15, 0.2) is 0 Å². The van der Waals surface area contributed by atoms with Crippen LogP contribution in [-0.4, -0.2) is 27.1 Å².